The van der Waals surface area contributed by atoms with Gasteiger partial charge in [-0.25, -0.2) is 13.4 Å². The molecule has 0 spiro atoms. The minimum absolute atomic E-state index is 0.186. The van der Waals surface area contributed by atoms with Crippen molar-refractivity contribution in [2.45, 2.75) is 31.2 Å². The Morgan fingerprint density at radius 3 is 2.32 bits per heavy atom. The van der Waals surface area contributed by atoms with E-state index >= 15 is 0 Å². The Hall–Kier alpha value is -3.49. The topological polar surface area (TPSA) is 81.5 Å². The third-order valence-electron chi connectivity index (χ3n) is 5.95. The zero-order valence-electron chi connectivity index (χ0n) is 19.6. The molecule has 0 fully saturated rings. The Kier molecular flexibility index (Phi) is 6.54. The maximum Gasteiger partial charge on any atom is 0.266 e. The Labute approximate surface area is 199 Å². The van der Waals surface area contributed by atoms with Gasteiger partial charge in [-0.15, -0.1) is 0 Å². The van der Waals surface area contributed by atoms with Gasteiger partial charge in [0.25, 0.3) is 5.56 Å². The minimum atomic E-state index is -3.85. The summed E-state index contributed by atoms with van der Waals surface area (Å²) in [6.45, 7) is 3.78. The minimum Gasteiger partial charge on any atom is -0.495 e. The van der Waals surface area contributed by atoms with Gasteiger partial charge in [0.05, 0.1) is 34.6 Å². The molecule has 0 radical (unpaired) electrons. The average molecular weight is 478 g/mol. The first kappa shape index (κ1) is 23.7. The van der Waals surface area contributed by atoms with E-state index < -0.39 is 16.1 Å². The fourth-order valence-corrected chi connectivity index (χ4v) is 5.46. The lowest BCUT2D eigenvalue weighted by Crippen LogP contribution is -2.36. The van der Waals surface area contributed by atoms with Gasteiger partial charge in [0.1, 0.15) is 11.6 Å². The molecule has 0 saturated carbocycles. The van der Waals surface area contributed by atoms with Crippen molar-refractivity contribution in [3.8, 4) is 11.4 Å². The van der Waals surface area contributed by atoms with E-state index in [1.165, 1.54) is 23.0 Å². The van der Waals surface area contributed by atoms with Crippen molar-refractivity contribution >= 4 is 20.9 Å². The second-order valence-corrected chi connectivity index (χ2v) is 10.1. The van der Waals surface area contributed by atoms with E-state index in [1.807, 2.05) is 19.9 Å². The number of nitrogens with zero attached hydrogens (tertiary/aromatic N) is 3. The van der Waals surface area contributed by atoms with Crippen molar-refractivity contribution in [1.29, 1.82) is 0 Å². The van der Waals surface area contributed by atoms with E-state index in [4.69, 9.17) is 9.72 Å². The van der Waals surface area contributed by atoms with Crippen molar-refractivity contribution in [3.63, 3.8) is 0 Å². The molecule has 0 saturated heterocycles. The fourth-order valence-electron chi connectivity index (χ4n) is 4.07. The number of aryl methyl sites for hydroxylation is 1. The Morgan fingerprint density at radius 2 is 1.65 bits per heavy atom. The molecule has 7 nitrogen and oxygen atoms in total. The van der Waals surface area contributed by atoms with Crippen LogP contribution in [0.5, 0.6) is 5.75 Å². The third-order valence-corrected chi connectivity index (χ3v) is 7.83. The highest BCUT2D eigenvalue weighted by atomic mass is 32.2. The summed E-state index contributed by atoms with van der Waals surface area (Å²) in [4.78, 5) is 18.7. The molecule has 176 valence electrons. The molecule has 4 rings (SSSR count). The van der Waals surface area contributed by atoms with Gasteiger partial charge in [-0.1, -0.05) is 48.9 Å². The Bertz CT molecular complexity index is 1500. The van der Waals surface area contributed by atoms with E-state index in [9.17, 15) is 13.2 Å². The summed E-state index contributed by atoms with van der Waals surface area (Å²) in [5, 5.41) is 0.441. The number of methoxy groups -OCH3 is 1. The molecule has 0 amide bonds. The molecule has 8 heteroatoms. The third kappa shape index (κ3) is 4.10. The summed E-state index contributed by atoms with van der Waals surface area (Å²) in [5.74, 6) is 0.815. The van der Waals surface area contributed by atoms with Crippen LogP contribution in [0.15, 0.2) is 82.5 Å². The number of sulfonamides is 1. The second kappa shape index (κ2) is 9.40. The van der Waals surface area contributed by atoms with Crippen molar-refractivity contribution in [2.24, 2.45) is 0 Å². The van der Waals surface area contributed by atoms with Crippen LogP contribution in [0.2, 0.25) is 0 Å². The van der Waals surface area contributed by atoms with Crippen LogP contribution in [0.25, 0.3) is 16.6 Å². The van der Waals surface area contributed by atoms with Crippen LogP contribution in [0.1, 0.15) is 30.8 Å². The fraction of sp³-hybridized carbons (Fsp3) is 0.231. The van der Waals surface area contributed by atoms with Crippen LogP contribution in [-0.4, -0.2) is 36.4 Å². The standard InChI is InChI=1S/C26H27N3O4S/c1-5-22(28(3)34(31,32)19-16-14-18(2)15-17-19)25-27-21-11-7-6-10-20(21)26(30)29(25)23-12-8-9-13-24(23)33-4/h6-17,22H,5H2,1-4H3. The van der Waals surface area contributed by atoms with E-state index in [2.05, 4.69) is 0 Å². The summed E-state index contributed by atoms with van der Waals surface area (Å²) in [6, 6.07) is 20.2. The zero-order valence-corrected chi connectivity index (χ0v) is 20.4. The van der Waals surface area contributed by atoms with Crippen LogP contribution in [0.3, 0.4) is 0 Å². The van der Waals surface area contributed by atoms with Gasteiger partial charge in [-0.2, -0.15) is 4.31 Å². The highest BCUT2D eigenvalue weighted by molar-refractivity contribution is 7.89. The lowest BCUT2D eigenvalue weighted by molar-refractivity contribution is 0.346. The number of benzene rings is 3. The number of para-hydroxylation sites is 3. The quantitative estimate of drug-likeness (QED) is 0.392. The Balaban J connectivity index is 1.98. The maximum absolute atomic E-state index is 13.7. The van der Waals surface area contributed by atoms with Gasteiger partial charge < -0.3 is 4.74 Å². The summed E-state index contributed by atoms with van der Waals surface area (Å²) < 4.78 is 35.3. The van der Waals surface area contributed by atoms with Crippen LogP contribution >= 0.6 is 0 Å². The van der Waals surface area contributed by atoms with Crippen molar-refractivity contribution in [1.82, 2.24) is 13.9 Å². The highest BCUT2D eigenvalue weighted by Crippen LogP contribution is 2.31. The van der Waals surface area contributed by atoms with Gasteiger partial charge >= 0.3 is 0 Å². The molecule has 0 N–H and O–H groups in total. The number of rotatable bonds is 7. The molecule has 1 aromatic heterocycles. The largest absolute Gasteiger partial charge is 0.495 e. The Morgan fingerprint density at radius 1 is 1.00 bits per heavy atom. The van der Waals surface area contributed by atoms with E-state index in [-0.39, 0.29) is 10.5 Å². The molecule has 3 aromatic carbocycles. The van der Waals surface area contributed by atoms with Gasteiger partial charge in [0.2, 0.25) is 10.0 Å². The van der Waals surface area contributed by atoms with Gasteiger partial charge in [-0.3, -0.25) is 9.36 Å². The van der Waals surface area contributed by atoms with E-state index in [0.717, 1.165) is 5.56 Å². The average Bonchev–Trinajstić information content (AvgIpc) is 2.85. The molecule has 0 aliphatic heterocycles. The summed E-state index contributed by atoms with van der Waals surface area (Å²) in [7, 11) is -0.793. The molecule has 0 aliphatic rings. The van der Waals surface area contributed by atoms with Crippen molar-refractivity contribution < 1.29 is 13.2 Å². The number of hydrogen-bond acceptors (Lipinski definition) is 5. The molecule has 1 unspecified atom stereocenters. The van der Waals surface area contributed by atoms with Gasteiger partial charge in [0.15, 0.2) is 0 Å². The normalized spacial score (nSPS) is 12.7. The molecule has 34 heavy (non-hydrogen) atoms. The van der Waals surface area contributed by atoms with Crippen molar-refractivity contribution in [3.05, 3.63) is 94.5 Å². The lowest BCUT2D eigenvalue weighted by Gasteiger charge is -2.28. The molecular formula is C26H27N3O4S. The summed E-state index contributed by atoms with van der Waals surface area (Å²) in [5.41, 5.74) is 1.69. The van der Waals surface area contributed by atoms with Gasteiger partial charge in [-0.05, 0) is 49.7 Å². The first-order valence-electron chi connectivity index (χ1n) is 11.0. The highest BCUT2D eigenvalue weighted by Gasteiger charge is 2.32. The molecule has 4 aromatic rings. The first-order chi connectivity index (χ1) is 16.3. The number of hydrogen-bond donors (Lipinski definition) is 0. The maximum atomic E-state index is 13.7. The molecule has 1 heterocycles. The SMILES string of the molecule is CCC(c1nc2ccccc2c(=O)n1-c1ccccc1OC)N(C)S(=O)(=O)c1ccc(C)cc1. The predicted octanol–water partition coefficient (Wildman–Crippen LogP) is 4.47. The summed E-state index contributed by atoms with van der Waals surface area (Å²) >= 11 is 0. The zero-order chi connectivity index (χ0) is 24.5. The van der Waals surface area contributed by atoms with Crippen LogP contribution in [-0.2, 0) is 10.0 Å². The van der Waals surface area contributed by atoms with E-state index in [0.29, 0.717) is 34.6 Å². The number of fused-ring (bicyclic) bond motifs is 1. The van der Waals surface area contributed by atoms with Crippen molar-refractivity contribution in [2.75, 3.05) is 14.2 Å². The predicted molar refractivity (Wildman–Crippen MR) is 133 cm³/mol. The lowest BCUT2D eigenvalue weighted by atomic mass is 10.1. The van der Waals surface area contributed by atoms with Crippen LogP contribution in [0.4, 0.5) is 0 Å². The first-order valence-corrected chi connectivity index (χ1v) is 12.4. The molecule has 0 aliphatic carbocycles. The van der Waals surface area contributed by atoms with Gasteiger partial charge in [0, 0.05) is 7.05 Å². The monoisotopic (exact) mass is 477 g/mol. The smallest absolute Gasteiger partial charge is 0.266 e. The molecule has 0 bridgehead atoms. The summed E-state index contributed by atoms with van der Waals surface area (Å²) in [6.07, 6.45) is 0.404. The van der Waals surface area contributed by atoms with Crippen LogP contribution < -0.4 is 10.3 Å². The number of ether oxygens (including phenoxy) is 1. The number of aromatic nitrogens is 2. The second-order valence-electron chi connectivity index (χ2n) is 8.06. The molecule has 1 atom stereocenters. The molecular weight excluding hydrogens is 450 g/mol. The van der Waals surface area contributed by atoms with Crippen LogP contribution in [0, 0.1) is 6.92 Å². The van der Waals surface area contributed by atoms with E-state index in [1.54, 1.807) is 66.7 Å².